The predicted molar refractivity (Wildman–Crippen MR) is 112 cm³/mol. The Hall–Kier alpha value is -1.86. The van der Waals surface area contributed by atoms with Gasteiger partial charge in [0.15, 0.2) is 5.96 Å². The van der Waals surface area contributed by atoms with Crippen molar-refractivity contribution in [3.8, 4) is 5.88 Å². The first kappa shape index (κ1) is 22.4. The van der Waals surface area contributed by atoms with Gasteiger partial charge in [-0.3, -0.25) is 0 Å². The van der Waals surface area contributed by atoms with Gasteiger partial charge in [-0.1, -0.05) is 18.9 Å². The first-order valence-electron chi connectivity index (χ1n) is 10.3. The van der Waals surface area contributed by atoms with Crippen molar-refractivity contribution in [2.45, 2.75) is 45.6 Å². The maximum atomic E-state index is 5.71. The maximum Gasteiger partial charge on any atom is 0.218 e. The summed E-state index contributed by atoms with van der Waals surface area (Å²) < 4.78 is 16.1. The second kappa shape index (κ2) is 12.6. The minimum atomic E-state index is 0.314. The van der Waals surface area contributed by atoms with Crippen LogP contribution in [0.3, 0.4) is 0 Å². The highest BCUT2D eigenvalue weighted by molar-refractivity contribution is 5.79. The minimum absolute atomic E-state index is 0.314. The van der Waals surface area contributed by atoms with E-state index in [0.29, 0.717) is 31.1 Å². The molecule has 1 saturated carbocycles. The number of nitrogens with zero attached hydrogens (tertiary/aromatic N) is 2. The molecule has 28 heavy (non-hydrogen) atoms. The molecule has 0 aromatic carbocycles. The van der Waals surface area contributed by atoms with Gasteiger partial charge in [0.25, 0.3) is 0 Å². The molecule has 1 aromatic heterocycles. The fraction of sp³-hybridized carbons (Fsp3) is 0.714. The SMILES string of the molecule is CCNC(=NCc1cccnc1OCCOC)NCC1(CCOC)CCCC1. The zero-order valence-corrected chi connectivity index (χ0v) is 17.6. The van der Waals surface area contributed by atoms with Crippen molar-refractivity contribution in [2.24, 2.45) is 10.4 Å². The quantitative estimate of drug-likeness (QED) is 0.324. The van der Waals surface area contributed by atoms with E-state index in [9.17, 15) is 0 Å². The van der Waals surface area contributed by atoms with E-state index in [4.69, 9.17) is 19.2 Å². The number of aromatic nitrogens is 1. The number of methoxy groups -OCH3 is 2. The maximum absolute atomic E-state index is 5.71. The molecule has 1 heterocycles. The van der Waals surface area contributed by atoms with Crippen molar-refractivity contribution < 1.29 is 14.2 Å². The molecule has 0 spiro atoms. The van der Waals surface area contributed by atoms with Crippen LogP contribution >= 0.6 is 0 Å². The second-order valence-electron chi connectivity index (χ2n) is 7.31. The number of hydrogen-bond donors (Lipinski definition) is 2. The molecule has 0 aliphatic heterocycles. The summed E-state index contributed by atoms with van der Waals surface area (Å²) in [5, 5.41) is 6.90. The van der Waals surface area contributed by atoms with Crippen molar-refractivity contribution in [3.05, 3.63) is 23.9 Å². The first-order chi connectivity index (χ1) is 13.7. The number of rotatable bonds is 12. The van der Waals surface area contributed by atoms with Gasteiger partial charge in [0, 0.05) is 45.7 Å². The molecule has 2 rings (SSSR count). The molecule has 7 nitrogen and oxygen atoms in total. The van der Waals surface area contributed by atoms with E-state index in [1.807, 2.05) is 12.1 Å². The highest BCUT2D eigenvalue weighted by Crippen LogP contribution is 2.40. The van der Waals surface area contributed by atoms with Gasteiger partial charge in [-0.2, -0.15) is 0 Å². The number of ether oxygens (including phenoxy) is 3. The molecule has 0 saturated heterocycles. The van der Waals surface area contributed by atoms with Crippen LogP contribution in [-0.2, 0) is 16.0 Å². The highest BCUT2D eigenvalue weighted by Gasteiger charge is 2.33. The lowest BCUT2D eigenvalue weighted by Crippen LogP contribution is -2.43. The Labute approximate surface area is 169 Å². The van der Waals surface area contributed by atoms with E-state index >= 15 is 0 Å². The fourth-order valence-corrected chi connectivity index (χ4v) is 3.63. The van der Waals surface area contributed by atoms with Crippen molar-refractivity contribution in [1.82, 2.24) is 15.6 Å². The molecule has 0 atom stereocenters. The van der Waals surface area contributed by atoms with Crippen molar-refractivity contribution in [1.29, 1.82) is 0 Å². The molecule has 2 N–H and O–H groups in total. The molecular weight excluding hydrogens is 356 g/mol. The largest absolute Gasteiger partial charge is 0.475 e. The Bertz CT molecular complexity index is 589. The van der Waals surface area contributed by atoms with Gasteiger partial charge in [0.05, 0.1) is 13.2 Å². The molecular formula is C21H36N4O3. The van der Waals surface area contributed by atoms with Crippen LogP contribution in [0.15, 0.2) is 23.3 Å². The highest BCUT2D eigenvalue weighted by atomic mass is 16.5. The van der Waals surface area contributed by atoms with E-state index < -0.39 is 0 Å². The Kier molecular flexibility index (Phi) is 10.1. The molecule has 1 fully saturated rings. The van der Waals surface area contributed by atoms with E-state index in [1.54, 1.807) is 20.4 Å². The Morgan fingerprint density at radius 3 is 2.64 bits per heavy atom. The number of aliphatic imine (C=N–C) groups is 1. The molecule has 0 bridgehead atoms. The van der Waals surface area contributed by atoms with Crippen LogP contribution in [0, 0.1) is 5.41 Å². The van der Waals surface area contributed by atoms with Gasteiger partial charge < -0.3 is 24.8 Å². The average Bonchev–Trinajstić information content (AvgIpc) is 3.19. The summed E-state index contributed by atoms with van der Waals surface area (Å²) in [6, 6.07) is 3.91. The zero-order chi connectivity index (χ0) is 20.1. The summed E-state index contributed by atoms with van der Waals surface area (Å²) in [5.41, 5.74) is 1.28. The van der Waals surface area contributed by atoms with Crippen LogP contribution < -0.4 is 15.4 Å². The van der Waals surface area contributed by atoms with Crippen LogP contribution in [0.4, 0.5) is 0 Å². The third kappa shape index (κ3) is 7.28. The molecule has 1 aliphatic rings. The van der Waals surface area contributed by atoms with Gasteiger partial charge in [0.2, 0.25) is 5.88 Å². The molecule has 1 aromatic rings. The minimum Gasteiger partial charge on any atom is -0.475 e. The Balaban J connectivity index is 1.98. The van der Waals surface area contributed by atoms with Crippen LogP contribution in [0.2, 0.25) is 0 Å². The van der Waals surface area contributed by atoms with Gasteiger partial charge in [-0.15, -0.1) is 0 Å². The van der Waals surface area contributed by atoms with Crippen LogP contribution in [0.1, 0.15) is 44.6 Å². The first-order valence-corrected chi connectivity index (χ1v) is 10.3. The molecule has 0 unspecified atom stereocenters. The molecule has 158 valence electrons. The summed E-state index contributed by atoms with van der Waals surface area (Å²) >= 11 is 0. The smallest absolute Gasteiger partial charge is 0.218 e. The van der Waals surface area contributed by atoms with E-state index in [1.165, 1.54) is 25.7 Å². The lowest BCUT2D eigenvalue weighted by atomic mass is 9.83. The molecule has 1 aliphatic carbocycles. The average molecular weight is 393 g/mol. The molecule has 7 heteroatoms. The second-order valence-corrected chi connectivity index (χ2v) is 7.31. The van der Waals surface area contributed by atoms with Crippen molar-refractivity contribution in [3.63, 3.8) is 0 Å². The van der Waals surface area contributed by atoms with Crippen LogP contribution in [0.5, 0.6) is 5.88 Å². The van der Waals surface area contributed by atoms with E-state index in [-0.39, 0.29) is 0 Å². The lowest BCUT2D eigenvalue weighted by Gasteiger charge is -2.30. The van der Waals surface area contributed by atoms with Crippen molar-refractivity contribution in [2.75, 3.05) is 47.1 Å². The third-order valence-electron chi connectivity index (χ3n) is 5.26. The molecule has 0 radical (unpaired) electrons. The summed E-state index contributed by atoms with van der Waals surface area (Å²) in [4.78, 5) is 9.08. The summed E-state index contributed by atoms with van der Waals surface area (Å²) in [7, 11) is 3.44. The van der Waals surface area contributed by atoms with Crippen LogP contribution in [0.25, 0.3) is 0 Å². The van der Waals surface area contributed by atoms with E-state index in [0.717, 1.165) is 37.6 Å². The molecule has 0 amide bonds. The monoisotopic (exact) mass is 392 g/mol. The number of pyridine rings is 1. The number of guanidine groups is 1. The zero-order valence-electron chi connectivity index (χ0n) is 17.6. The van der Waals surface area contributed by atoms with Gasteiger partial charge in [-0.25, -0.2) is 9.98 Å². The lowest BCUT2D eigenvalue weighted by molar-refractivity contribution is 0.138. The standard InChI is InChI=1S/C21H36N4O3/c1-4-22-20(25-17-21(11-13-26-2)9-5-6-10-21)24-16-18-8-7-12-23-19(18)28-15-14-27-3/h7-8,12H,4-6,9-11,13-17H2,1-3H3,(H2,22,24,25). The Morgan fingerprint density at radius 1 is 1.14 bits per heavy atom. The number of nitrogens with one attached hydrogen (secondary N) is 2. The normalized spacial score (nSPS) is 16.2. The fourth-order valence-electron chi connectivity index (χ4n) is 3.63. The van der Waals surface area contributed by atoms with E-state index in [2.05, 4.69) is 22.5 Å². The number of hydrogen-bond acceptors (Lipinski definition) is 5. The van der Waals surface area contributed by atoms with Gasteiger partial charge in [0.1, 0.15) is 6.61 Å². The predicted octanol–water partition coefficient (Wildman–Crippen LogP) is 2.76. The van der Waals surface area contributed by atoms with Crippen LogP contribution in [-0.4, -0.2) is 58.1 Å². The summed E-state index contributed by atoms with van der Waals surface area (Å²) in [6.07, 6.45) is 7.94. The summed E-state index contributed by atoms with van der Waals surface area (Å²) in [6.45, 7) is 6.16. The van der Waals surface area contributed by atoms with Crippen molar-refractivity contribution >= 4 is 5.96 Å². The topological polar surface area (TPSA) is 77.0 Å². The van der Waals surface area contributed by atoms with Gasteiger partial charge in [-0.05, 0) is 37.7 Å². The third-order valence-corrected chi connectivity index (χ3v) is 5.26. The van der Waals surface area contributed by atoms with Gasteiger partial charge >= 0.3 is 0 Å². The summed E-state index contributed by atoms with van der Waals surface area (Å²) in [5.74, 6) is 1.45. The Morgan fingerprint density at radius 2 is 1.93 bits per heavy atom.